The number of nitrogens with one attached hydrogen (secondary N) is 1. The molecule has 108 valence electrons. The van der Waals surface area contributed by atoms with Crippen molar-refractivity contribution < 1.29 is 0 Å². The summed E-state index contributed by atoms with van der Waals surface area (Å²) < 4.78 is 0. The van der Waals surface area contributed by atoms with E-state index in [0.717, 1.165) is 19.5 Å². The topological polar surface area (TPSA) is 15.3 Å². The molecule has 1 heterocycles. The summed E-state index contributed by atoms with van der Waals surface area (Å²) in [4.78, 5) is 2.59. The van der Waals surface area contributed by atoms with Crippen LogP contribution in [0.5, 0.6) is 0 Å². The van der Waals surface area contributed by atoms with Crippen LogP contribution in [0.3, 0.4) is 0 Å². The Kier molecular flexibility index (Phi) is 5.64. The van der Waals surface area contributed by atoms with Crippen LogP contribution >= 0.6 is 0 Å². The van der Waals surface area contributed by atoms with Crippen molar-refractivity contribution in [2.75, 3.05) is 13.1 Å². The minimum atomic E-state index is 0.437. The van der Waals surface area contributed by atoms with Crippen LogP contribution in [0.4, 0.5) is 0 Å². The Hall–Kier alpha value is -1.30. The van der Waals surface area contributed by atoms with Crippen LogP contribution in [0.1, 0.15) is 44.7 Å². The van der Waals surface area contributed by atoms with Crippen molar-refractivity contribution in [2.24, 2.45) is 0 Å². The number of hydrogen-bond donors (Lipinski definition) is 1. The molecule has 2 nitrogen and oxygen atoms in total. The van der Waals surface area contributed by atoms with Gasteiger partial charge in [0.15, 0.2) is 0 Å². The summed E-state index contributed by atoms with van der Waals surface area (Å²) in [5.74, 6) is 2.82. The maximum atomic E-state index is 5.52. The Balaban J connectivity index is 2.15. The molecule has 0 amide bonds. The first-order valence-electron chi connectivity index (χ1n) is 7.73. The molecule has 0 saturated carbocycles. The van der Waals surface area contributed by atoms with Crippen molar-refractivity contribution in [1.82, 2.24) is 10.2 Å². The van der Waals surface area contributed by atoms with E-state index in [1.54, 1.807) is 0 Å². The zero-order valence-electron chi connectivity index (χ0n) is 12.7. The molecule has 1 aromatic carbocycles. The number of benzene rings is 1. The Morgan fingerprint density at radius 3 is 2.80 bits per heavy atom. The van der Waals surface area contributed by atoms with Gasteiger partial charge in [-0.05, 0) is 18.9 Å². The van der Waals surface area contributed by atoms with Crippen LogP contribution in [0.25, 0.3) is 0 Å². The number of terminal acetylenes is 1. The van der Waals surface area contributed by atoms with E-state index >= 15 is 0 Å². The third kappa shape index (κ3) is 3.62. The van der Waals surface area contributed by atoms with Gasteiger partial charge in [-0.2, -0.15) is 0 Å². The molecule has 2 heteroatoms. The highest BCUT2D eigenvalue weighted by Gasteiger charge is 2.31. The van der Waals surface area contributed by atoms with Gasteiger partial charge < -0.3 is 5.32 Å². The van der Waals surface area contributed by atoms with Gasteiger partial charge in [-0.25, -0.2) is 0 Å². The minimum Gasteiger partial charge on any atom is -0.311 e. The van der Waals surface area contributed by atoms with E-state index < -0.39 is 0 Å². The van der Waals surface area contributed by atoms with E-state index in [9.17, 15) is 0 Å². The van der Waals surface area contributed by atoms with E-state index in [1.807, 2.05) is 0 Å². The summed E-state index contributed by atoms with van der Waals surface area (Å²) >= 11 is 0. The monoisotopic (exact) mass is 270 g/mol. The molecular weight excluding hydrogens is 244 g/mol. The standard InChI is InChI=1S/C18H26N2/c1-4-9-15(3)20-14-17(10-5-2)19-13-18(20)16-11-7-6-8-12-16/h1,6-8,11-12,15,17-19H,5,9-10,13-14H2,2-3H3. The predicted octanol–water partition coefficient (Wildman–Crippen LogP) is 3.21. The smallest absolute Gasteiger partial charge is 0.0476 e. The molecule has 1 N–H and O–H groups in total. The van der Waals surface area contributed by atoms with Crippen LogP contribution in [0, 0.1) is 12.3 Å². The van der Waals surface area contributed by atoms with Crippen molar-refractivity contribution in [2.45, 2.75) is 51.2 Å². The summed E-state index contributed by atoms with van der Waals surface area (Å²) in [6, 6.07) is 12.2. The second-order valence-corrected chi connectivity index (χ2v) is 5.77. The number of piperazine rings is 1. The van der Waals surface area contributed by atoms with Gasteiger partial charge in [-0.3, -0.25) is 4.90 Å². The highest BCUT2D eigenvalue weighted by Crippen LogP contribution is 2.27. The van der Waals surface area contributed by atoms with E-state index in [2.05, 4.69) is 60.3 Å². The molecule has 0 radical (unpaired) electrons. The first-order chi connectivity index (χ1) is 9.76. The van der Waals surface area contributed by atoms with E-state index in [-0.39, 0.29) is 0 Å². The second-order valence-electron chi connectivity index (χ2n) is 5.77. The SMILES string of the molecule is C#CCC(C)N1CC(CCC)NCC1c1ccccc1. The van der Waals surface area contributed by atoms with Crippen LogP contribution < -0.4 is 5.32 Å². The van der Waals surface area contributed by atoms with Gasteiger partial charge in [-0.1, -0.05) is 43.7 Å². The predicted molar refractivity (Wildman–Crippen MR) is 85.5 cm³/mol. The van der Waals surface area contributed by atoms with Gasteiger partial charge in [0, 0.05) is 37.6 Å². The lowest BCUT2D eigenvalue weighted by Crippen LogP contribution is -2.54. The van der Waals surface area contributed by atoms with Crippen molar-refractivity contribution in [3.63, 3.8) is 0 Å². The Morgan fingerprint density at radius 1 is 1.40 bits per heavy atom. The zero-order chi connectivity index (χ0) is 14.4. The fourth-order valence-corrected chi connectivity index (χ4v) is 3.14. The van der Waals surface area contributed by atoms with Crippen LogP contribution in [-0.2, 0) is 0 Å². The molecular formula is C18H26N2. The normalized spacial score (nSPS) is 25.1. The molecule has 3 atom stereocenters. The van der Waals surface area contributed by atoms with E-state index in [1.165, 1.54) is 18.4 Å². The van der Waals surface area contributed by atoms with Crippen LogP contribution in [-0.4, -0.2) is 30.1 Å². The fourth-order valence-electron chi connectivity index (χ4n) is 3.14. The fraction of sp³-hybridized carbons (Fsp3) is 0.556. The Bertz CT molecular complexity index is 434. The van der Waals surface area contributed by atoms with E-state index in [4.69, 9.17) is 6.42 Å². The molecule has 0 aliphatic carbocycles. The molecule has 0 spiro atoms. The lowest BCUT2D eigenvalue weighted by Gasteiger charge is -2.43. The van der Waals surface area contributed by atoms with Crippen LogP contribution in [0.15, 0.2) is 30.3 Å². The van der Waals surface area contributed by atoms with Gasteiger partial charge in [0.2, 0.25) is 0 Å². The minimum absolute atomic E-state index is 0.437. The Morgan fingerprint density at radius 2 is 2.15 bits per heavy atom. The summed E-state index contributed by atoms with van der Waals surface area (Å²) in [7, 11) is 0. The maximum Gasteiger partial charge on any atom is 0.0476 e. The molecule has 1 aliphatic heterocycles. The summed E-state index contributed by atoms with van der Waals surface area (Å²) in [6.45, 7) is 6.62. The summed E-state index contributed by atoms with van der Waals surface area (Å²) in [6.07, 6.45) is 8.81. The van der Waals surface area contributed by atoms with Crippen LogP contribution in [0.2, 0.25) is 0 Å². The van der Waals surface area contributed by atoms with Gasteiger partial charge in [0.25, 0.3) is 0 Å². The zero-order valence-corrected chi connectivity index (χ0v) is 12.7. The quantitative estimate of drug-likeness (QED) is 0.827. The molecule has 0 bridgehead atoms. The molecule has 2 rings (SSSR count). The molecule has 3 unspecified atom stereocenters. The second kappa shape index (κ2) is 7.47. The summed E-state index contributed by atoms with van der Waals surface area (Å²) in [5.41, 5.74) is 1.39. The van der Waals surface area contributed by atoms with Crippen molar-refractivity contribution in [3.05, 3.63) is 35.9 Å². The van der Waals surface area contributed by atoms with Crippen molar-refractivity contribution in [3.8, 4) is 12.3 Å². The molecule has 1 fully saturated rings. The number of hydrogen-bond acceptors (Lipinski definition) is 2. The molecule has 1 aliphatic rings. The molecule has 1 aromatic rings. The average Bonchev–Trinajstić information content (AvgIpc) is 2.49. The first kappa shape index (κ1) is 15.1. The number of nitrogens with zero attached hydrogens (tertiary/aromatic N) is 1. The average molecular weight is 270 g/mol. The third-order valence-corrected chi connectivity index (χ3v) is 4.23. The molecule has 0 aromatic heterocycles. The largest absolute Gasteiger partial charge is 0.311 e. The first-order valence-corrected chi connectivity index (χ1v) is 7.73. The van der Waals surface area contributed by atoms with Gasteiger partial charge >= 0.3 is 0 Å². The highest BCUT2D eigenvalue weighted by molar-refractivity contribution is 5.20. The summed E-state index contributed by atoms with van der Waals surface area (Å²) in [5, 5.41) is 3.70. The highest BCUT2D eigenvalue weighted by atomic mass is 15.3. The van der Waals surface area contributed by atoms with Crippen molar-refractivity contribution in [1.29, 1.82) is 0 Å². The molecule has 20 heavy (non-hydrogen) atoms. The van der Waals surface area contributed by atoms with Gasteiger partial charge in [0.05, 0.1) is 0 Å². The maximum absolute atomic E-state index is 5.52. The van der Waals surface area contributed by atoms with Gasteiger partial charge in [-0.15, -0.1) is 12.3 Å². The third-order valence-electron chi connectivity index (χ3n) is 4.23. The lowest BCUT2D eigenvalue weighted by molar-refractivity contribution is 0.0879. The molecule has 1 saturated heterocycles. The lowest BCUT2D eigenvalue weighted by atomic mass is 9.97. The van der Waals surface area contributed by atoms with Crippen molar-refractivity contribution >= 4 is 0 Å². The van der Waals surface area contributed by atoms with E-state index in [0.29, 0.717) is 18.1 Å². The Labute approximate surface area is 123 Å². The van der Waals surface area contributed by atoms with Gasteiger partial charge in [0.1, 0.15) is 0 Å². The number of rotatable bonds is 5.